The summed E-state index contributed by atoms with van der Waals surface area (Å²) in [6, 6.07) is 14.7. The lowest BCUT2D eigenvalue weighted by Gasteiger charge is -2.15. The Morgan fingerprint density at radius 1 is 0.600 bits per heavy atom. The second-order valence-electron chi connectivity index (χ2n) is 6.53. The lowest BCUT2D eigenvalue weighted by molar-refractivity contribution is 0.428. The molecule has 0 aromatic heterocycles. The summed E-state index contributed by atoms with van der Waals surface area (Å²) in [5.41, 5.74) is 1.87. The first-order valence-electron chi connectivity index (χ1n) is 8.55. The van der Waals surface area contributed by atoms with Crippen LogP contribution < -0.4 is 9.47 Å². The summed E-state index contributed by atoms with van der Waals surface area (Å²) in [4.78, 5) is -1.68. The van der Waals surface area contributed by atoms with E-state index in [0.29, 0.717) is 6.07 Å². The second-order valence-corrected chi connectivity index (χ2v) is 9.31. The highest BCUT2D eigenvalue weighted by molar-refractivity contribution is 7.86. The number of benzene rings is 3. The zero-order chi connectivity index (χ0) is 22.1. The van der Waals surface area contributed by atoms with Gasteiger partial charge in [-0.25, -0.2) is 0 Å². The predicted octanol–water partition coefficient (Wildman–Crippen LogP) is 4.38. The van der Waals surface area contributed by atoms with Crippen LogP contribution >= 0.6 is 0 Å². The van der Waals surface area contributed by atoms with Crippen molar-refractivity contribution in [1.82, 2.24) is 0 Å². The number of aryl methyl sites for hydroxylation is 2. The molecule has 8 nitrogen and oxygen atoms in total. The largest absolute Gasteiger partial charge is 0.456 e. The molecule has 0 atom stereocenters. The molecule has 0 amide bonds. The normalized spacial score (nSPS) is 11.9. The van der Waals surface area contributed by atoms with E-state index in [9.17, 15) is 25.9 Å². The molecule has 0 spiro atoms. The fourth-order valence-electron chi connectivity index (χ4n) is 2.55. The molecule has 0 aliphatic rings. The molecular weight excluding hydrogens is 432 g/mol. The molecule has 3 rings (SSSR count). The first kappa shape index (κ1) is 21.8. The molecule has 3 aromatic rings. The highest BCUT2D eigenvalue weighted by atomic mass is 32.2. The number of hydrogen-bond acceptors (Lipinski definition) is 6. The summed E-state index contributed by atoms with van der Waals surface area (Å²) in [5.74, 6) is -0.274. The zero-order valence-corrected chi connectivity index (χ0v) is 17.6. The van der Waals surface area contributed by atoms with Crippen molar-refractivity contribution >= 4 is 20.2 Å². The van der Waals surface area contributed by atoms with Crippen LogP contribution in [-0.4, -0.2) is 25.9 Å². The highest BCUT2D eigenvalue weighted by Crippen LogP contribution is 2.39. The quantitative estimate of drug-likeness (QED) is 0.530. The Balaban J connectivity index is 2.18. The summed E-state index contributed by atoms with van der Waals surface area (Å²) in [5, 5.41) is 0. The first-order chi connectivity index (χ1) is 13.9. The third-order valence-corrected chi connectivity index (χ3v) is 5.81. The Labute approximate surface area is 174 Å². The number of hydrogen-bond donors (Lipinski definition) is 2. The fourth-order valence-corrected chi connectivity index (χ4v) is 3.87. The Kier molecular flexibility index (Phi) is 5.86. The van der Waals surface area contributed by atoms with E-state index in [1.807, 2.05) is 13.8 Å². The van der Waals surface area contributed by atoms with E-state index in [-0.39, 0.29) is 23.0 Å². The van der Waals surface area contributed by atoms with Crippen LogP contribution in [0.3, 0.4) is 0 Å². The predicted molar refractivity (Wildman–Crippen MR) is 109 cm³/mol. The van der Waals surface area contributed by atoms with Crippen LogP contribution in [0.4, 0.5) is 0 Å². The molecule has 10 heteroatoms. The summed E-state index contributed by atoms with van der Waals surface area (Å²) < 4.78 is 77.6. The van der Waals surface area contributed by atoms with E-state index in [1.165, 1.54) is 0 Å². The molecular formula is C20H18O8S2. The average Bonchev–Trinajstić information content (AvgIpc) is 2.64. The molecule has 3 aromatic carbocycles. The van der Waals surface area contributed by atoms with Gasteiger partial charge in [-0.3, -0.25) is 9.11 Å². The lowest BCUT2D eigenvalue weighted by atomic mass is 10.2. The molecule has 158 valence electrons. The summed E-state index contributed by atoms with van der Waals surface area (Å²) in [7, 11) is -9.79. The molecule has 0 saturated heterocycles. The zero-order valence-electron chi connectivity index (χ0n) is 15.9. The number of rotatable bonds is 6. The van der Waals surface area contributed by atoms with E-state index in [0.717, 1.165) is 17.2 Å². The molecule has 0 fully saturated rings. The van der Waals surface area contributed by atoms with Gasteiger partial charge in [0, 0.05) is 6.07 Å². The molecule has 30 heavy (non-hydrogen) atoms. The van der Waals surface area contributed by atoms with Crippen LogP contribution in [-0.2, 0) is 20.2 Å². The van der Waals surface area contributed by atoms with Gasteiger partial charge in [-0.1, -0.05) is 35.4 Å². The average molecular weight is 450 g/mol. The minimum Gasteiger partial charge on any atom is -0.456 e. The SMILES string of the molecule is Cc1ccc(Oc2cc(Oc3ccc(C)cc3)c(S(=O)(=O)O)cc2S(=O)(=O)O)cc1. The first-order valence-corrected chi connectivity index (χ1v) is 11.4. The van der Waals surface area contributed by atoms with Gasteiger partial charge in [-0.2, -0.15) is 16.8 Å². The van der Waals surface area contributed by atoms with E-state index < -0.39 is 30.0 Å². The molecule has 0 aliphatic heterocycles. The molecule has 2 N–H and O–H groups in total. The van der Waals surface area contributed by atoms with Gasteiger partial charge >= 0.3 is 0 Å². The maximum Gasteiger partial charge on any atom is 0.298 e. The molecule has 0 saturated carbocycles. The number of ether oxygens (including phenoxy) is 2. The molecule has 0 heterocycles. The minimum absolute atomic E-state index is 0.242. The van der Waals surface area contributed by atoms with Crippen LogP contribution in [0, 0.1) is 13.8 Å². The van der Waals surface area contributed by atoms with Gasteiger partial charge in [-0.15, -0.1) is 0 Å². The molecule has 0 radical (unpaired) electrons. The van der Waals surface area contributed by atoms with Crippen molar-refractivity contribution in [3.63, 3.8) is 0 Å². The highest BCUT2D eigenvalue weighted by Gasteiger charge is 2.27. The van der Waals surface area contributed by atoms with Crippen LogP contribution in [0.15, 0.2) is 70.5 Å². The van der Waals surface area contributed by atoms with Gasteiger partial charge < -0.3 is 9.47 Å². The fraction of sp³-hybridized carbons (Fsp3) is 0.100. The third-order valence-electron chi connectivity index (χ3n) is 4.06. The Morgan fingerprint density at radius 3 is 1.23 bits per heavy atom. The van der Waals surface area contributed by atoms with Crippen LogP contribution in [0.5, 0.6) is 23.0 Å². The molecule has 0 bridgehead atoms. The van der Waals surface area contributed by atoms with E-state index in [1.54, 1.807) is 48.5 Å². The van der Waals surface area contributed by atoms with Crippen LogP contribution in [0.2, 0.25) is 0 Å². The standard InChI is InChI=1S/C20H18O8S2/c1-13-3-7-15(8-4-13)27-17-11-18(28-16-9-5-14(2)6-10-16)20(30(24,25)26)12-19(17)29(21,22)23/h3-12H,1-2H3,(H,21,22,23)(H,24,25,26). The van der Waals surface area contributed by atoms with E-state index in [2.05, 4.69) is 0 Å². The van der Waals surface area contributed by atoms with Crippen molar-refractivity contribution in [2.24, 2.45) is 0 Å². The molecule has 0 unspecified atom stereocenters. The van der Waals surface area contributed by atoms with Gasteiger partial charge in [0.25, 0.3) is 20.2 Å². The Hall–Kier alpha value is -2.92. The maximum absolute atomic E-state index is 11.8. The van der Waals surface area contributed by atoms with Gasteiger partial charge in [0.15, 0.2) is 11.5 Å². The monoisotopic (exact) mass is 450 g/mol. The van der Waals surface area contributed by atoms with Crippen molar-refractivity contribution < 1.29 is 35.4 Å². The van der Waals surface area contributed by atoms with Gasteiger partial charge in [0.2, 0.25) is 0 Å². The van der Waals surface area contributed by atoms with Crippen molar-refractivity contribution in [2.75, 3.05) is 0 Å². The summed E-state index contributed by atoms with van der Waals surface area (Å²) >= 11 is 0. The van der Waals surface area contributed by atoms with Crippen molar-refractivity contribution in [3.8, 4) is 23.0 Å². The van der Waals surface area contributed by atoms with Gasteiger partial charge in [0.05, 0.1) is 0 Å². The van der Waals surface area contributed by atoms with Crippen molar-refractivity contribution in [3.05, 3.63) is 71.8 Å². The van der Waals surface area contributed by atoms with Gasteiger partial charge in [-0.05, 0) is 44.2 Å². The van der Waals surface area contributed by atoms with E-state index >= 15 is 0 Å². The van der Waals surface area contributed by atoms with Crippen LogP contribution in [0.1, 0.15) is 11.1 Å². The molecule has 0 aliphatic carbocycles. The van der Waals surface area contributed by atoms with Crippen LogP contribution in [0.25, 0.3) is 0 Å². The summed E-state index contributed by atoms with van der Waals surface area (Å²) in [6.07, 6.45) is 0. The topological polar surface area (TPSA) is 127 Å². The smallest absolute Gasteiger partial charge is 0.298 e. The minimum atomic E-state index is -4.90. The maximum atomic E-state index is 11.8. The Bertz CT molecular complexity index is 1180. The van der Waals surface area contributed by atoms with Gasteiger partial charge in [0.1, 0.15) is 21.3 Å². The van der Waals surface area contributed by atoms with Crippen molar-refractivity contribution in [1.29, 1.82) is 0 Å². The lowest BCUT2D eigenvalue weighted by Crippen LogP contribution is -2.07. The van der Waals surface area contributed by atoms with Crippen molar-refractivity contribution in [2.45, 2.75) is 23.6 Å². The second kappa shape index (κ2) is 8.07. The Morgan fingerprint density at radius 2 is 0.933 bits per heavy atom. The van der Waals surface area contributed by atoms with E-state index in [4.69, 9.17) is 9.47 Å². The third kappa shape index (κ3) is 5.16. The summed E-state index contributed by atoms with van der Waals surface area (Å²) in [6.45, 7) is 3.70.